The van der Waals surface area contributed by atoms with Crippen LogP contribution in [0.5, 0.6) is 0 Å². The van der Waals surface area contributed by atoms with E-state index in [-0.39, 0.29) is 11.4 Å². The molecule has 1 amide bonds. The minimum atomic E-state index is -0.630. The Morgan fingerprint density at radius 3 is 2.81 bits per heavy atom. The lowest BCUT2D eigenvalue weighted by atomic mass is 10.2. The first-order chi connectivity index (χ1) is 10.1. The molecule has 0 aliphatic rings. The van der Waals surface area contributed by atoms with Gasteiger partial charge in [0, 0.05) is 16.3 Å². The van der Waals surface area contributed by atoms with E-state index in [0.717, 1.165) is 9.99 Å². The predicted molar refractivity (Wildman–Crippen MR) is 90.1 cm³/mol. The lowest BCUT2D eigenvalue weighted by Gasteiger charge is -2.10. The normalized spacial score (nSPS) is 10.2. The molecule has 0 aliphatic heterocycles. The zero-order valence-electron chi connectivity index (χ0n) is 11.5. The molecule has 1 heterocycles. The van der Waals surface area contributed by atoms with Crippen molar-refractivity contribution in [1.29, 1.82) is 0 Å². The first-order valence-corrected chi connectivity index (χ1v) is 7.65. The maximum Gasteiger partial charge on any atom is 0.258 e. The van der Waals surface area contributed by atoms with Crippen LogP contribution in [-0.2, 0) is 0 Å². The second-order valence-electron chi connectivity index (χ2n) is 4.38. The molecule has 0 unspecified atom stereocenters. The number of hydrogen-bond donors (Lipinski definition) is 2. The molecule has 1 aromatic carbocycles. The van der Waals surface area contributed by atoms with Crippen LogP contribution in [0.25, 0.3) is 0 Å². The third-order valence-corrected chi connectivity index (χ3v) is 3.74. The molecule has 0 atom stereocenters. The van der Waals surface area contributed by atoms with Crippen LogP contribution < -0.4 is 10.6 Å². The van der Waals surface area contributed by atoms with Crippen LogP contribution in [0.1, 0.15) is 23.7 Å². The van der Waals surface area contributed by atoms with Gasteiger partial charge in [0.05, 0.1) is 11.3 Å². The van der Waals surface area contributed by atoms with Gasteiger partial charge in [0.15, 0.2) is 11.6 Å². The number of benzene rings is 1. The Bertz CT molecular complexity index is 649. The summed E-state index contributed by atoms with van der Waals surface area (Å²) in [5, 5.41) is 5.57. The summed E-state index contributed by atoms with van der Waals surface area (Å²) in [7, 11) is 0. The van der Waals surface area contributed by atoms with E-state index in [1.165, 1.54) is 12.3 Å². The van der Waals surface area contributed by atoms with Crippen LogP contribution in [-0.4, -0.2) is 17.4 Å². The van der Waals surface area contributed by atoms with Gasteiger partial charge in [-0.15, -0.1) is 0 Å². The zero-order chi connectivity index (χ0) is 15.2. The average Bonchev–Trinajstić information content (AvgIpc) is 2.48. The second-order valence-corrected chi connectivity index (χ2v) is 5.54. The van der Waals surface area contributed by atoms with Crippen LogP contribution >= 0.6 is 22.6 Å². The summed E-state index contributed by atoms with van der Waals surface area (Å²) in [5.41, 5.74) is 0.630. The van der Waals surface area contributed by atoms with Gasteiger partial charge in [-0.05, 0) is 47.2 Å². The first kappa shape index (κ1) is 15.7. The molecular formula is C15H15FIN3O. The number of anilines is 2. The van der Waals surface area contributed by atoms with E-state index in [0.29, 0.717) is 12.2 Å². The Morgan fingerprint density at radius 1 is 1.33 bits per heavy atom. The lowest BCUT2D eigenvalue weighted by molar-refractivity contribution is 0.102. The highest BCUT2D eigenvalue weighted by atomic mass is 127. The van der Waals surface area contributed by atoms with Crippen LogP contribution in [0.15, 0.2) is 36.5 Å². The van der Waals surface area contributed by atoms with E-state index in [1.54, 1.807) is 6.07 Å². The number of pyridine rings is 1. The van der Waals surface area contributed by atoms with E-state index < -0.39 is 11.7 Å². The fourth-order valence-corrected chi connectivity index (χ4v) is 2.26. The molecule has 6 heteroatoms. The van der Waals surface area contributed by atoms with Gasteiger partial charge in [0.1, 0.15) is 0 Å². The summed E-state index contributed by atoms with van der Waals surface area (Å²) in [6, 6.07) is 8.70. The van der Waals surface area contributed by atoms with Crippen molar-refractivity contribution in [3.63, 3.8) is 0 Å². The summed E-state index contributed by atoms with van der Waals surface area (Å²) in [4.78, 5) is 16.1. The molecule has 0 radical (unpaired) electrons. The summed E-state index contributed by atoms with van der Waals surface area (Å²) in [6.45, 7) is 2.57. The SMILES string of the molecule is CCCNc1nccc(C(=O)Nc2ccccc2I)c1F. The van der Waals surface area contributed by atoms with Gasteiger partial charge in [-0.2, -0.15) is 0 Å². The number of nitrogens with one attached hydrogen (secondary N) is 2. The van der Waals surface area contributed by atoms with Gasteiger partial charge in [0.2, 0.25) is 0 Å². The third kappa shape index (κ3) is 3.90. The molecule has 2 N–H and O–H groups in total. The molecule has 0 bridgehead atoms. The highest BCUT2D eigenvalue weighted by molar-refractivity contribution is 14.1. The van der Waals surface area contributed by atoms with E-state index in [1.807, 2.05) is 25.1 Å². The van der Waals surface area contributed by atoms with Crippen molar-refractivity contribution in [2.24, 2.45) is 0 Å². The van der Waals surface area contributed by atoms with Crippen molar-refractivity contribution in [2.45, 2.75) is 13.3 Å². The fourth-order valence-electron chi connectivity index (χ4n) is 1.74. The van der Waals surface area contributed by atoms with Crippen molar-refractivity contribution in [3.8, 4) is 0 Å². The predicted octanol–water partition coefficient (Wildman–Crippen LogP) is 3.90. The van der Waals surface area contributed by atoms with Crippen LogP contribution in [0, 0.1) is 9.39 Å². The molecule has 0 saturated heterocycles. The quantitative estimate of drug-likeness (QED) is 0.750. The van der Waals surface area contributed by atoms with Crippen LogP contribution in [0.3, 0.4) is 0 Å². The van der Waals surface area contributed by atoms with Crippen molar-refractivity contribution >= 4 is 40.0 Å². The minimum absolute atomic E-state index is 0.0248. The van der Waals surface area contributed by atoms with E-state index in [2.05, 4.69) is 38.2 Å². The van der Waals surface area contributed by atoms with Gasteiger partial charge in [-0.25, -0.2) is 9.37 Å². The number of nitrogens with zero attached hydrogens (tertiary/aromatic N) is 1. The Hall–Kier alpha value is -1.70. The number of aromatic nitrogens is 1. The first-order valence-electron chi connectivity index (χ1n) is 6.57. The summed E-state index contributed by atoms with van der Waals surface area (Å²) < 4.78 is 15.2. The number of carbonyl (C=O) groups is 1. The molecular weight excluding hydrogens is 384 g/mol. The van der Waals surface area contributed by atoms with E-state index >= 15 is 0 Å². The minimum Gasteiger partial charge on any atom is -0.368 e. The Morgan fingerprint density at radius 2 is 2.10 bits per heavy atom. The zero-order valence-corrected chi connectivity index (χ0v) is 13.6. The number of halogens is 2. The van der Waals surface area contributed by atoms with E-state index in [4.69, 9.17) is 0 Å². The summed E-state index contributed by atoms with van der Waals surface area (Å²) in [6.07, 6.45) is 2.27. The molecule has 4 nitrogen and oxygen atoms in total. The average molecular weight is 399 g/mol. The molecule has 1 aromatic heterocycles. The number of para-hydroxylation sites is 1. The Labute approximate surface area is 136 Å². The van der Waals surface area contributed by atoms with Crippen LogP contribution in [0.4, 0.5) is 15.9 Å². The fraction of sp³-hybridized carbons (Fsp3) is 0.200. The third-order valence-electron chi connectivity index (χ3n) is 2.80. The number of carbonyl (C=O) groups excluding carboxylic acids is 1. The van der Waals surface area contributed by atoms with Gasteiger partial charge in [-0.1, -0.05) is 19.1 Å². The maximum absolute atomic E-state index is 14.3. The van der Waals surface area contributed by atoms with Crippen LogP contribution in [0.2, 0.25) is 0 Å². The molecule has 0 fully saturated rings. The molecule has 2 aromatic rings. The van der Waals surface area contributed by atoms with Crippen molar-refractivity contribution in [2.75, 3.05) is 17.2 Å². The van der Waals surface area contributed by atoms with Crippen molar-refractivity contribution < 1.29 is 9.18 Å². The van der Waals surface area contributed by atoms with E-state index in [9.17, 15) is 9.18 Å². The Balaban J connectivity index is 2.21. The summed E-state index contributed by atoms with van der Waals surface area (Å²) in [5.74, 6) is -1.01. The topological polar surface area (TPSA) is 54.0 Å². The largest absolute Gasteiger partial charge is 0.368 e. The molecule has 0 saturated carbocycles. The molecule has 2 rings (SSSR count). The molecule has 0 aliphatic carbocycles. The number of rotatable bonds is 5. The summed E-state index contributed by atoms with van der Waals surface area (Å²) >= 11 is 2.11. The lowest BCUT2D eigenvalue weighted by Crippen LogP contribution is -2.16. The molecule has 21 heavy (non-hydrogen) atoms. The van der Waals surface area contributed by atoms with Gasteiger partial charge < -0.3 is 10.6 Å². The van der Waals surface area contributed by atoms with Gasteiger partial charge in [0.25, 0.3) is 5.91 Å². The molecule has 0 spiro atoms. The second kappa shape index (κ2) is 7.35. The molecule has 110 valence electrons. The van der Waals surface area contributed by atoms with Crippen molar-refractivity contribution in [3.05, 3.63) is 51.5 Å². The van der Waals surface area contributed by atoms with Gasteiger partial charge in [-0.3, -0.25) is 4.79 Å². The van der Waals surface area contributed by atoms with Crippen molar-refractivity contribution in [1.82, 2.24) is 4.98 Å². The number of hydrogen-bond acceptors (Lipinski definition) is 3. The standard InChI is InChI=1S/C15H15FIN3O/c1-2-8-18-14-13(16)10(7-9-19-14)15(21)20-12-6-4-3-5-11(12)17/h3-7,9H,2,8H2,1H3,(H,18,19)(H,20,21). The highest BCUT2D eigenvalue weighted by Crippen LogP contribution is 2.20. The monoisotopic (exact) mass is 399 g/mol. The number of amides is 1. The Kier molecular flexibility index (Phi) is 5.49. The smallest absolute Gasteiger partial charge is 0.258 e. The highest BCUT2D eigenvalue weighted by Gasteiger charge is 2.16. The van der Waals surface area contributed by atoms with Gasteiger partial charge >= 0.3 is 0 Å². The maximum atomic E-state index is 14.3.